The molecule has 112 valence electrons. The first-order chi connectivity index (χ1) is 10.3. The summed E-state index contributed by atoms with van der Waals surface area (Å²) >= 11 is 3.43. The van der Waals surface area contributed by atoms with E-state index >= 15 is 0 Å². The van der Waals surface area contributed by atoms with Crippen molar-refractivity contribution in [3.63, 3.8) is 0 Å². The van der Waals surface area contributed by atoms with Gasteiger partial charge < -0.3 is 13.9 Å². The molecule has 1 aliphatic rings. The second-order valence-electron chi connectivity index (χ2n) is 4.78. The van der Waals surface area contributed by atoms with Crippen LogP contribution in [0.15, 0.2) is 35.2 Å². The highest BCUT2D eigenvalue weighted by atomic mass is 32.2. The van der Waals surface area contributed by atoms with E-state index in [0.29, 0.717) is 5.75 Å². The highest BCUT2D eigenvalue weighted by Gasteiger charge is 2.34. The molecule has 21 heavy (non-hydrogen) atoms. The molecule has 0 bridgehead atoms. The van der Waals surface area contributed by atoms with Crippen LogP contribution in [0, 0.1) is 0 Å². The van der Waals surface area contributed by atoms with E-state index in [9.17, 15) is 4.79 Å². The van der Waals surface area contributed by atoms with Crippen molar-refractivity contribution in [1.82, 2.24) is 14.5 Å². The number of thioether (sulfide) groups is 2. The van der Waals surface area contributed by atoms with Crippen molar-refractivity contribution in [3.05, 3.63) is 42.4 Å². The molecule has 1 saturated heterocycles. The first-order valence-electron chi connectivity index (χ1n) is 6.74. The van der Waals surface area contributed by atoms with Crippen LogP contribution in [0.4, 0.5) is 0 Å². The lowest BCUT2D eigenvalue weighted by atomic mass is 10.4. The van der Waals surface area contributed by atoms with Gasteiger partial charge in [0.25, 0.3) is 0 Å². The minimum Gasteiger partial charge on any atom is -0.468 e. The zero-order chi connectivity index (χ0) is 14.7. The maximum absolute atomic E-state index is 12.1. The number of amides is 1. The average Bonchev–Trinajstić information content (AvgIpc) is 3.18. The molecule has 3 rings (SSSR count). The van der Waals surface area contributed by atoms with Crippen molar-refractivity contribution < 1.29 is 9.21 Å². The number of aryl methyl sites for hydroxylation is 1. The van der Waals surface area contributed by atoms with E-state index in [2.05, 4.69) is 4.98 Å². The van der Waals surface area contributed by atoms with Gasteiger partial charge in [-0.15, -0.1) is 11.8 Å². The van der Waals surface area contributed by atoms with Gasteiger partial charge in [0, 0.05) is 31.7 Å². The SMILES string of the molecule is Cn1ccnc1C1SCC(=O)N1CCSCc1ccco1. The van der Waals surface area contributed by atoms with Crippen LogP contribution in [0.5, 0.6) is 0 Å². The van der Waals surface area contributed by atoms with Gasteiger partial charge in [-0.25, -0.2) is 4.98 Å². The lowest BCUT2D eigenvalue weighted by Crippen LogP contribution is -2.31. The molecule has 1 fully saturated rings. The van der Waals surface area contributed by atoms with Crippen LogP contribution in [0.1, 0.15) is 17.0 Å². The minimum atomic E-state index is 0.0433. The Morgan fingerprint density at radius 2 is 2.48 bits per heavy atom. The Balaban J connectivity index is 1.55. The summed E-state index contributed by atoms with van der Waals surface area (Å²) in [5, 5.41) is 0.0433. The number of hydrogen-bond donors (Lipinski definition) is 0. The molecule has 0 saturated carbocycles. The van der Waals surface area contributed by atoms with Crippen LogP contribution in [0.2, 0.25) is 0 Å². The second kappa shape index (κ2) is 6.62. The Kier molecular flexibility index (Phi) is 4.60. The molecule has 0 aromatic carbocycles. The summed E-state index contributed by atoms with van der Waals surface area (Å²) in [5.41, 5.74) is 0. The summed E-state index contributed by atoms with van der Waals surface area (Å²) in [6.07, 6.45) is 5.39. The van der Waals surface area contributed by atoms with Crippen molar-refractivity contribution in [2.75, 3.05) is 18.1 Å². The zero-order valence-electron chi connectivity index (χ0n) is 11.8. The number of nitrogens with zero attached hydrogens (tertiary/aromatic N) is 3. The summed E-state index contributed by atoms with van der Waals surface area (Å²) in [7, 11) is 1.97. The predicted molar refractivity (Wildman–Crippen MR) is 85.0 cm³/mol. The first kappa shape index (κ1) is 14.6. The van der Waals surface area contributed by atoms with Crippen molar-refractivity contribution in [3.8, 4) is 0 Å². The van der Waals surface area contributed by atoms with E-state index in [1.807, 2.05) is 34.8 Å². The third kappa shape index (κ3) is 3.29. The van der Waals surface area contributed by atoms with Gasteiger partial charge >= 0.3 is 0 Å². The van der Waals surface area contributed by atoms with Crippen molar-refractivity contribution in [1.29, 1.82) is 0 Å². The molecule has 0 aliphatic carbocycles. The maximum Gasteiger partial charge on any atom is 0.233 e. The normalized spacial score (nSPS) is 18.6. The monoisotopic (exact) mass is 323 g/mol. The van der Waals surface area contributed by atoms with Crippen LogP contribution in [-0.4, -0.2) is 38.4 Å². The number of hydrogen-bond acceptors (Lipinski definition) is 5. The van der Waals surface area contributed by atoms with Crippen molar-refractivity contribution >= 4 is 29.4 Å². The molecule has 1 aliphatic heterocycles. The molecule has 7 heteroatoms. The standard InChI is InChI=1S/C14H17N3O2S2/c1-16-5-4-15-13(16)14-17(12(18)10-21-14)6-8-20-9-11-3-2-7-19-11/h2-5,7,14H,6,8-10H2,1H3. The zero-order valence-corrected chi connectivity index (χ0v) is 13.4. The van der Waals surface area contributed by atoms with E-state index in [0.717, 1.165) is 29.6 Å². The average molecular weight is 323 g/mol. The van der Waals surface area contributed by atoms with Crippen LogP contribution >= 0.6 is 23.5 Å². The van der Waals surface area contributed by atoms with E-state index in [-0.39, 0.29) is 11.3 Å². The molecule has 1 amide bonds. The lowest BCUT2D eigenvalue weighted by molar-refractivity contribution is -0.127. The Bertz CT molecular complexity index is 597. The summed E-state index contributed by atoms with van der Waals surface area (Å²) < 4.78 is 7.29. The number of carbonyl (C=O) groups excluding carboxylic acids is 1. The molecule has 2 aromatic heterocycles. The quantitative estimate of drug-likeness (QED) is 0.765. The summed E-state index contributed by atoms with van der Waals surface area (Å²) in [5.74, 6) is 4.40. The van der Waals surface area contributed by atoms with E-state index in [4.69, 9.17) is 4.42 Å². The Morgan fingerprint density at radius 1 is 1.57 bits per heavy atom. The molecule has 0 spiro atoms. The van der Waals surface area contributed by atoms with Gasteiger partial charge in [-0.05, 0) is 12.1 Å². The fraction of sp³-hybridized carbons (Fsp3) is 0.429. The van der Waals surface area contributed by atoms with Crippen molar-refractivity contribution in [2.24, 2.45) is 7.05 Å². The van der Waals surface area contributed by atoms with Gasteiger partial charge in [0.05, 0.1) is 17.8 Å². The van der Waals surface area contributed by atoms with Crippen LogP contribution in [0.3, 0.4) is 0 Å². The maximum atomic E-state index is 12.1. The third-order valence-electron chi connectivity index (χ3n) is 3.35. The fourth-order valence-corrected chi connectivity index (χ4v) is 4.34. The van der Waals surface area contributed by atoms with Gasteiger partial charge in [-0.2, -0.15) is 11.8 Å². The van der Waals surface area contributed by atoms with Gasteiger partial charge in [0.2, 0.25) is 5.91 Å². The number of imidazole rings is 1. The molecular formula is C14H17N3O2S2. The minimum absolute atomic E-state index is 0.0433. The summed E-state index contributed by atoms with van der Waals surface area (Å²) in [6, 6.07) is 3.87. The predicted octanol–water partition coefficient (Wildman–Crippen LogP) is 2.52. The summed E-state index contributed by atoms with van der Waals surface area (Å²) in [6.45, 7) is 0.745. The highest BCUT2D eigenvalue weighted by molar-refractivity contribution is 8.00. The Morgan fingerprint density at radius 3 is 3.19 bits per heavy atom. The number of rotatable bonds is 6. The van der Waals surface area contributed by atoms with Gasteiger partial charge in [-0.3, -0.25) is 4.79 Å². The molecular weight excluding hydrogens is 306 g/mol. The van der Waals surface area contributed by atoms with Crippen LogP contribution < -0.4 is 0 Å². The molecule has 3 heterocycles. The second-order valence-corrected chi connectivity index (χ2v) is 6.95. The molecule has 1 unspecified atom stereocenters. The topological polar surface area (TPSA) is 51.3 Å². The number of furan rings is 1. The highest BCUT2D eigenvalue weighted by Crippen LogP contribution is 2.37. The Hall–Kier alpha value is -1.34. The lowest BCUT2D eigenvalue weighted by Gasteiger charge is -2.23. The number of aromatic nitrogens is 2. The largest absolute Gasteiger partial charge is 0.468 e. The van der Waals surface area contributed by atoms with Gasteiger partial charge in [0.15, 0.2) is 0 Å². The smallest absolute Gasteiger partial charge is 0.233 e. The van der Waals surface area contributed by atoms with E-state index in [1.165, 1.54) is 0 Å². The van der Waals surface area contributed by atoms with E-state index in [1.54, 1.807) is 36.0 Å². The Labute approximate surface area is 132 Å². The van der Waals surface area contributed by atoms with Gasteiger partial charge in [-0.1, -0.05) is 0 Å². The van der Waals surface area contributed by atoms with Crippen LogP contribution in [0.25, 0.3) is 0 Å². The third-order valence-corrected chi connectivity index (χ3v) is 5.50. The number of carbonyl (C=O) groups is 1. The molecule has 2 aromatic rings. The summed E-state index contributed by atoms with van der Waals surface area (Å²) in [4.78, 5) is 18.4. The van der Waals surface area contributed by atoms with Crippen molar-refractivity contribution in [2.45, 2.75) is 11.1 Å². The molecule has 5 nitrogen and oxygen atoms in total. The fourth-order valence-electron chi connectivity index (χ4n) is 2.26. The van der Waals surface area contributed by atoms with Crippen LogP contribution in [-0.2, 0) is 17.6 Å². The molecule has 0 radical (unpaired) electrons. The van der Waals surface area contributed by atoms with Gasteiger partial charge in [0.1, 0.15) is 17.0 Å². The molecule has 1 atom stereocenters. The first-order valence-corrected chi connectivity index (χ1v) is 8.94. The van der Waals surface area contributed by atoms with E-state index < -0.39 is 0 Å². The molecule has 0 N–H and O–H groups in total.